The van der Waals surface area contributed by atoms with Crippen molar-refractivity contribution in [1.29, 1.82) is 0 Å². The van der Waals surface area contributed by atoms with E-state index in [4.69, 9.17) is 10.5 Å². The first-order valence-electron chi connectivity index (χ1n) is 4.94. The van der Waals surface area contributed by atoms with Crippen LogP contribution in [0.15, 0.2) is 4.99 Å². The zero-order valence-corrected chi connectivity index (χ0v) is 8.68. The number of nitro groups is 1. The first-order valence-corrected chi connectivity index (χ1v) is 4.94. The van der Waals surface area contributed by atoms with Gasteiger partial charge in [-0.15, -0.1) is 0 Å². The predicted octanol–water partition coefficient (Wildman–Crippen LogP) is -0.102. The molecule has 0 spiro atoms. The van der Waals surface area contributed by atoms with Crippen molar-refractivity contribution in [2.45, 2.75) is 25.9 Å². The average Bonchev–Trinajstić information content (AvgIpc) is 2.61. The molecule has 0 aromatic heterocycles. The van der Waals surface area contributed by atoms with Crippen molar-refractivity contribution in [1.82, 2.24) is 5.43 Å². The van der Waals surface area contributed by atoms with Crippen LogP contribution in [0, 0.1) is 16.0 Å². The second kappa shape index (κ2) is 5.50. The third kappa shape index (κ3) is 4.11. The van der Waals surface area contributed by atoms with Gasteiger partial charge in [-0.2, -0.15) is 0 Å². The third-order valence-electron chi connectivity index (χ3n) is 2.34. The Kier molecular flexibility index (Phi) is 4.29. The van der Waals surface area contributed by atoms with Crippen molar-refractivity contribution < 1.29 is 9.77 Å². The largest absolute Gasteiger partial charge is 0.378 e. The van der Waals surface area contributed by atoms with Gasteiger partial charge in [-0.25, -0.2) is 15.1 Å². The molecule has 0 aromatic carbocycles. The van der Waals surface area contributed by atoms with Gasteiger partial charge in [0.1, 0.15) is 0 Å². The van der Waals surface area contributed by atoms with Crippen molar-refractivity contribution in [3.05, 3.63) is 10.1 Å². The molecular weight excluding hydrogens is 200 g/mol. The summed E-state index contributed by atoms with van der Waals surface area (Å²) in [6.07, 6.45) is 2.24. The highest BCUT2D eigenvalue weighted by Gasteiger charge is 2.23. The number of nitrogens with two attached hydrogens (primary N) is 1. The van der Waals surface area contributed by atoms with E-state index in [0.29, 0.717) is 25.2 Å². The summed E-state index contributed by atoms with van der Waals surface area (Å²) in [5, 5.41) is 9.29. The number of rotatable bonds is 4. The summed E-state index contributed by atoms with van der Waals surface area (Å²) in [5.41, 5.74) is 7.08. The molecule has 1 rings (SSSR count). The molecule has 86 valence electrons. The highest BCUT2D eigenvalue weighted by Crippen LogP contribution is 2.21. The maximum absolute atomic E-state index is 10.0. The van der Waals surface area contributed by atoms with E-state index in [-0.39, 0.29) is 5.96 Å². The zero-order chi connectivity index (χ0) is 11.3. The molecule has 2 unspecified atom stereocenters. The summed E-state index contributed by atoms with van der Waals surface area (Å²) >= 11 is 0. The minimum Gasteiger partial charge on any atom is -0.378 e. The van der Waals surface area contributed by atoms with E-state index in [0.717, 1.165) is 12.8 Å². The van der Waals surface area contributed by atoms with E-state index in [1.807, 2.05) is 0 Å². The number of hydrogen-bond acceptors (Lipinski definition) is 4. The Balaban J connectivity index is 2.28. The molecule has 7 heteroatoms. The SMILES string of the molecule is CCC1CC(CN=C(N)N[N+](=O)[O-])CO1. The van der Waals surface area contributed by atoms with Crippen molar-refractivity contribution in [3.8, 4) is 0 Å². The lowest BCUT2D eigenvalue weighted by atomic mass is 10.1. The molecular formula is C8H16N4O3. The minimum absolute atomic E-state index is 0.153. The van der Waals surface area contributed by atoms with Gasteiger partial charge in [0, 0.05) is 12.5 Å². The molecule has 1 fully saturated rings. The van der Waals surface area contributed by atoms with Crippen LogP contribution in [0.5, 0.6) is 0 Å². The number of aliphatic imine (C=N–C) groups is 1. The molecule has 0 aromatic rings. The van der Waals surface area contributed by atoms with Gasteiger partial charge >= 0.3 is 0 Å². The van der Waals surface area contributed by atoms with Gasteiger partial charge in [0.15, 0.2) is 5.03 Å². The lowest BCUT2D eigenvalue weighted by Gasteiger charge is -2.04. The average molecular weight is 216 g/mol. The van der Waals surface area contributed by atoms with Gasteiger partial charge < -0.3 is 10.5 Å². The number of hydrazine groups is 1. The Morgan fingerprint density at radius 2 is 2.53 bits per heavy atom. The van der Waals surface area contributed by atoms with Crippen LogP contribution in [0.25, 0.3) is 0 Å². The van der Waals surface area contributed by atoms with Crippen molar-refractivity contribution in [2.75, 3.05) is 13.2 Å². The number of nitrogens with one attached hydrogen (secondary N) is 1. The van der Waals surface area contributed by atoms with Crippen LogP contribution in [0.2, 0.25) is 0 Å². The molecule has 2 atom stereocenters. The first-order chi connectivity index (χ1) is 7.11. The zero-order valence-electron chi connectivity index (χ0n) is 8.68. The summed E-state index contributed by atoms with van der Waals surface area (Å²) in [6.45, 7) is 3.20. The normalized spacial score (nSPS) is 26.6. The van der Waals surface area contributed by atoms with Crippen LogP contribution in [0.3, 0.4) is 0 Å². The molecule has 0 aliphatic carbocycles. The van der Waals surface area contributed by atoms with E-state index in [1.54, 1.807) is 5.43 Å². The predicted molar refractivity (Wildman–Crippen MR) is 54.8 cm³/mol. The molecule has 3 N–H and O–H groups in total. The fourth-order valence-corrected chi connectivity index (χ4v) is 1.55. The number of nitrogens with zero attached hydrogens (tertiary/aromatic N) is 2. The van der Waals surface area contributed by atoms with Gasteiger partial charge in [0.25, 0.3) is 5.96 Å². The summed E-state index contributed by atoms with van der Waals surface area (Å²) in [5.74, 6) is 0.169. The van der Waals surface area contributed by atoms with Crippen LogP contribution in [-0.4, -0.2) is 30.2 Å². The van der Waals surface area contributed by atoms with Crippen LogP contribution >= 0.6 is 0 Å². The van der Waals surface area contributed by atoms with Crippen LogP contribution in [0.1, 0.15) is 19.8 Å². The molecule has 7 nitrogen and oxygen atoms in total. The fraction of sp³-hybridized carbons (Fsp3) is 0.875. The molecule has 1 aliphatic rings. The highest BCUT2D eigenvalue weighted by molar-refractivity contribution is 5.76. The molecule has 1 saturated heterocycles. The maximum Gasteiger partial charge on any atom is 0.251 e. The molecule has 0 saturated carbocycles. The van der Waals surface area contributed by atoms with Crippen molar-refractivity contribution >= 4 is 5.96 Å². The Bertz CT molecular complexity index is 256. The monoisotopic (exact) mass is 216 g/mol. The van der Waals surface area contributed by atoms with Crippen molar-refractivity contribution in [3.63, 3.8) is 0 Å². The van der Waals surface area contributed by atoms with E-state index in [1.165, 1.54) is 0 Å². The molecule has 15 heavy (non-hydrogen) atoms. The van der Waals surface area contributed by atoms with Gasteiger partial charge in [-0.05, 0) is 12.8 Å². The Morgan fingerprint density at radius 3 is 3.07 bits per heavy atom. The fourth-order valence-electron chi connectivity index (χ4n) is 1.55. The smallest absolute Gasteiger partial charge is 0.251 e. The van der Waals surface area contributed by atoms with E-state index >= 15 is 0 Å². The van der Waals surface area contributed by atoms with Crippen LogP contribution in [-0.2, 0) is 4.74 Å². The standard InChI is InChI=1S/C8H16N4O3/c1-2-7-3-6(5-15-7)4-10-8(9)11-12(13)14/h6-7H,2-5H2,1H3,(H3,9,10,11). The quantitative estimate of drug-likeness (QED) is 0.295. The van der Waals surface area contributed by atoms with E-state index in [9.17, 15) is 10.1 Å². The lowest BCUT2D eigenvalue weighted by molar-refractivity contribution is -0.525. The Morgan fingerprint density at radius 1 is 1.80 bits per heavy atom. The van der Waals surface area contributed by atoms with Gasteiger partial charge in [0.2, 0.25) is 0 Å². The summed E-state index contributed by atoms with van der Waals surface area (Å²) < 4.78 is 5.46. The summed E-state index contributed by atoms with van der Waals surface area (Å²) in [6, 6.07) is 0. The number of ether oxygens (including phenoxy) is 1. The molecule has 0 radical (unpaired) electrons. The van der Waals surface area contributed by atoms with E-state index in [2.05, 4.69) is 11.9 Å². The van der Waals surface area contributed by atoms with Crippen LogP contribution in [0.4, 0.5) is 0 Å². The minimum atomic E-state index is -0.723. The van der Waals surface area contributed by atoms with Crippen LogP contribution < -0.4 is 11.2 Å². The van der Waals surface area contributed by atoms with Gasteiger partial charge in [-0.3, -0.25) is 0 Å². The number of guanidine groups is 1. The molecule has 0 bridgehead atoms. The Hall–Kier alpha value is -1.37. The topological polar surface area (TPSA) is 103 Å². The van der Waals surface area contributed by atoms with Gasteiger partial charge in [0.05, 0.1) is 12.7 Å². The molecule has 1 aliphatic heterocycles. The first kappa shape index (κ1) is 11.7. The Labute approximate surface area is 87.8 Å². The number of hydrogen-bond donors (Lipinski definition) is 2. The summed E-state index contributed by atoms with van der Waals surface area (Å²) in [7, 11) is 0. The third-order valence-corrected chi connectivity index (χ3v) is 2.34. The molecule has 0 amide bonds. The second-order valence-corrected chi connectivity index (χ2v) is 3.56. The second-order valence-electron chi connectivity index (χ2n) is 3.56. The molecule has 1 heterocycles. The highest BCUT2D eigenvalue weighted by atomic mass is 16.7. The van der Waals surface area contributed by atoms with Gasteiger partial charge in [-0.1, -0.05) is 12.3 Å². The van der Waals surface area contributed by atoms with Crippen molar-refractivity contribution in [2.24, 2.45) is 16.6 Å². The van der Waals surface area contributed by atoms with E-state index < -0.39 is 5.03 Å². The summed E-state index contributed by atoms with van der Waals surface area (Å²) in [4.78, 5) is 13.9. The lowest BCUT2D eigenvalue weighted by Crippen LogP contribution is -2.36. The maximum atomic E-state index is 10.0.